The van der Waals surface area contributed by atoms with E-state index in [4.69, 9.17) is 5.11 Å². The van der Waals surface area contributed by atoms with Crippen LogP contribution in [0.2, 0.25) is 0 Å². The summed E-state index contributed by atoms with van der Waals surface area (Å²) in [5.74, 6) is -4.97. The van der Waals surface area contributed by atoms with Crippen molar-refractivity contribution in [2.75, 3.05) is 11.9 Å². The molecule has 1 unspecified atom stereocenters. The van der Waals surface area contributed by atoms with Gasteiger partial charge >= 0.3 is 12.1 Å². The first-order chi connectivity index (χ1) is 8.21. The molecule has 1 atom stereocenters. The maximum absolute atomic E-state index is 12.8. The van der Waals surface area contributed by atoms with Crippen LogP contribution in [0.4, 0.5) is 23.2 Å². The number of hydrogen-bond donors (Lipinski definition) is 2. The maximum Gasteiger partial charge on any atom is 0.403 e. The predicted molar refractivity (Wildman–Crippen MR) is 64.8 cm³/mol. The quantitative estimate of drug-likeness (QED) is 0.627. The zero-order chi connectivity index (χ0) is 13.9. The summed E-state index contributed by atoms with van der Waals surface area (Å²) in [6.07, 6.45) is -4.83. The minimum Gasteiger partial charge on any atom is -0.481 e. The van der Waals surface area contributed by atoms with Gasteiger partial charge < -0.3 is 10.4 Å². The first-order valence-electron chi connectivity index (χ1n) is 4.70. The third-order valence-electron chi connectivity index (χ3n) is 2.12. The van der Waals surface area contributed by atoms with Crippen LogP contribution in [-0.2, 0) is 4.79 Å². The van der Waals surface area contributed by atoms with Crippen LogP contribution in [0.1, 0.15) is 0 Å². The van der Waals surface area contributed by atoms with Crippen LogP contribution < -0.4 is 5.32 Å². The molecule has 0 aliphatic carbocycles. The van der Waals surface area contributed by atoms with Gasteiger partial charge in [-0.25, -0.2) is 4.39 Å². The van der Waals surface area contributed by atoms with Gasteiger partial charge in [0.05, 0.1) is 0 Å². The zero-order valence-corrected chi connectivity index (χ0v) is 10.9. The molecular weight excluding hydrogens is 369 g/mol. The topological polar surface area (TPSA) is 49.3 Å². The Morgan fingerprint density at radius 3 is 2.50 bits per heavy atom. The zero-order valence-electron chi connectivity index (χ0n) is 8.76. The molecule has 0 heterocycles. The Labute approximate surface area is 113 Å². The van der Waals surface area contributed by atoms with Gasteiger partial charge in [0, 0.05) is 15.8 Å². The van der Waals surface area contributed by atoms with Gasteiger partial charge in [0.2, 0.25) is 0 Å². The summed E-state index contributed by atoms with van der Waals surface area (Å²) < 4.78 is 50.2. The van der Waals surface area contributed by atoms with Crippen molar-refractivity contribution in [1.82, 2.24) is 0 Å². The number of hydrogen-bond acceptors (Lipinski definition) is 2. The molecule has 0 saturated carbocycles. The normalized spacial score (nSPS) is 13.2. The molecule has 1 aromatic carbocycles. The Bertz CT molecular complexity index is 450. The Balaban J connectivity index is 2.77. The van der Waals surface area contributed by atoms with Gasteiger partial charge in [-0.1, -0.05) is 0 Å². The van der Waals surface area contributed by atoms with Gasteiger partial charge in [0.15, 0.2) is 5.92 Å². The van der Waals surface area contributed by atoms with Gasteiger partial charge in [0.25, 0.3) is 0 Å². The minimum atomic E-state index is -4.83. The molecule has 0 bridgehead atoms. The number of halogens is 5. The molecular formula is C10H8F4INO2. The van der Waals surface area contributed by atoms with Crippen LogP contribution in [0.5, 0.6) is 0 Å². The van der Waals surface area contributed by atoms with E-state index in [2.05, 4.69) is 5.32 Å². The molecule has 0 aliphatic rings. The lowest BCUT2D eigenvalue weighted by atomic mass is 10.1. The molecule has 0 fully saturated rings. The molecule has 0 aliphatic heterocycles. The van der Waals surface area contributed by atoms with Crippen LogP contribution in [0.25, 0.3) is 0 Å². The second-order valence-corrected chi connectivity index (χ2v) is 4.60. The number of benzene rings is 1. The van der Waals surface area contributed by atoms with Gasteiger partial charge in [-0.05, 0) is 40.8 Å². The molecule has 0 aromatic heterocycles. The van der Waals surface area contributed by atoms with Crippen molar-refractivity contribution in [3.8, 4) is 0 Å². The summed E-state index contributed by atoms with van der Waals surface area (Å²) >= 11 is 1.74. The Morgan fingerprint density at radius 2 is 2.06 bits per heavy atom. The summed E-state index contributed by atoms with van der Waals surface area (Å²) in [5.41, 5.74) is 0.257. The van der Waals surface area contributed by atoms with Gasteiger partial charge in [-0.2, -0.15) is 13.2 Å². The van der Waals surface area contributed by atoms with Crippen LogP contribution in [0, 0.1) is 15.3 Å². The van der Waals surface area contributed by atoms with E-state index >= 15 is 0 Å². The number of nitrogens with one attached hydrogen (secondary N) is 1. The number of carbonyl (C=O) groups is 1. The average Bonchev–Trinajstić information content (AvgIpc) is 2.18. The molecule has 18 heavy (non-hydrogen) atoms. The van der Waals surface area contributed by atoms with E-state index in [1.54, 1.807) is 22.6 Å². The molecule has 0 radical (unpaired) electrons. The highest BCUT2D eigenvalue weighted by atomic mass is 127. The molecule has 2 N–H and O–H groups in total. The second-order valence-electron chi connectivity index (χ2n) is 3.44. The van der Waals surface area contributed by atoms with Crippen molar-refractivity contribution < 1.29 is 27.5 Å². The number of rotatable bonds is 4. The summed E-state index contributed by atoms with van der Waals surface area (Å²) in [6, 6.07) is 3.46. The predicted octanol–water partition coefficient (Wildman–Crippen LogP) is 3.11. The van der Waals surface area contributed by atoms with E-state index in [9.17, 15) is 22.4 Å². The lowest BCUT2D eigenvalue weighted by Gasteiger charge is -2.17. The van der Waals surface area contributed by atoms with E-state index in [0.717, 1.165) is 12.1 Å². The Hall–Kier alpha value is -1.06. The highest BCUT2D eigenvalue weighted by Gasteiger charge is 2.44. The Morgan fingerprint density at radius 1 is 1.44 bits per heavy atom. The molecule has 3 nitrogen and oxygen atoms in total. The van der Waals surface area contributed by atoms with Gasteiger partial charge in [0.1, 0.15) is 5.82 Å². The van der Waals surface area contributed by atoms with Gasteiger partial charge in [-0.15, -0.1) is 0 Å². The van der Waals surface area contributed by atoms with E-state index in [1.807, 2.05) is 0 Å². The number of anilines is 1. The number of carboxylic acids is 1. The summed E-state index contributed by atoms with van der Waals surface area (Å²) in [7, 11) is 0. The maximum atomic E-state index is 12.8. The third kappa shape index (κ3) is 4.00. The number of aliphatic carboxylic acids is 1. The van der Waals surface area contributed by atoms with Crippen molar-refractivity contribution in [3.63, 3.8) is 0 Å². The fourth-order valence-electron chi connectivity index (χ4n) is 1.19. The van der Waals surface area contributed by atoms with Crippen LogP contribution in [0.15, 0.2) is 18.2 Å². The summed E-state index contributed by atoms with van der Waals surface area (Å²) in [5, 5.41) is 10.8. The number of carboxylic acid groups (broad SMARTS) is 1. The monoisotopic (exact) mass is 377 g/mol. The summed E-state index contributed by atoms with van der Waals surface area (Å²) in [4.78, 5) is 10.5. The second kappa shape index (κ2) is 5.72. The molecule has 1 aromatic rings. The van der Waals surface area contributed by atoms with E-state index in [1.165, 1.54) is 6.07 Å². The minimum absolute atomic E-state index is 0.257. The van der Waals surface area contributed by atoms with E-state index < -0.39 is 30.4 Å². The average molecular weight is 377 g/mol. The molecule has 100 valence electrons. The van der Waals surface area contributed by atoms with E-state index in [-0.39, 0.29) is 5.69 Å². The first kappa shape index (κ1) is 15.0. The largest absolute Gasteiger partial charge is 0.481 e. The smallest absolute Gasteiger partial charge is 0.403 e. The SMILES string of the molecule is O=C(O)C(CNc1ccc(F)cc1I)C(F)(F)F. The molecule has 8 heteroatoms. The number of alkyl halides is 3. The van der Waals surface area contributed by atoms with Crippen molar-refractivity contribution in [1.29, 1.82) is 0 Å². The fourth-order valence-corrected chi connectivity index (χ4v) is 1.86. The fraction of sp³-hybridized carbons (Fsp3) is 0.300. The molecule has 1 rings (SSSR count). The van der Waals surface area contributed by atoms with Crippen molar-refractivity contribution in [2.45, 2.75) is 6.18 Å². The van der Waals surface area contributed by atoms with Gasteiger partial charge in [-0.3, -0.25) is 4.79 Å². The van der Waals surface area contributed by atoms with Crippen molar-refractivity contribution >= 4 is 34.2 Å². The lowest BCUT2D eigenvalue weighted by molar-refractivity contribution is -0.190. The summed E-state index contributed by atoms with van der Waals surface area (Å²) in [6.45, 7) is -0.805. The van der Waals surface area contributed by atoms with Crippen LogP contribution in [-0.4, -0.2) is 23.8 Å². The van der Waals surface area contributed by atoms with Crippen molar-refractivity contribution in [2.24, 2.45) is 5.92 Å². The van der Waals surface area contributed by atoms with Crippen LogP contribution in [0.3, 0.4) is 0 Å². The highest BCUT2D eigenvalue weighted by Crippen LogP contribution is 2.27. The highest BCUT2D eigenvalue weighted by molar-refractivity contribution is 14.1. The third-order valence-corrected chi connectivity index (χ3v) is 3.01. The first-order valence-corrected chi connectivity index (χ1v) is 5.78. The van der Waals surface area contributed by atoms with E-state index in [0.29, 0.717) is 3.57 Å². The molecule has 0 amide bonds. The standard InChI is InChI=1S/C10H8F4INO2/c11-5-1-2-8(7(15)3-5)16-4-6(9(17)18)10(12,13)14/h1-3,6,16H,4H2,(H,17,18). The Kier molecular flexibility index (Phi) is 4.77. The van der Waals surface area contributed by atoms with Crippen molar-refractivity contribution in [3.05, 3.63) is 27.6 Å². The molecule has 0 spiro atoms. The lowest BCUT2D eigenvalue weighted by Crippen LogP contribution is -2.36. The molecule has 0 saturated heterocycles. The van der Waals surface area contributed by atoms with Crippen LogP contribution >= 0.6 is 22.6 Å².